The molecule has 0 bridgehead atoms. The van der Waals surface area contributed by atoms with Gasteiger partial charge in [0, 0.05) is 18.9 Å². The minimum atomic E-state index is 0. The Morgan fingerprint density at radius 3 is 0.653 bits per heavy atom. The van der Waals surface area contributed by atoms with Gasteiger partial charge in [-0.05, 0) is 75.5 Å². The van der Waals surface area contributed by atoms with E-state index in [0.29, 0.717) is 10.8 Å². The third kappa shape index (κ3) is 58.1. The second-order valence-corrected chi connectivity index (χ2v) is 18.0. The summed E-state index contributed by atoms with van der Waals surface area (Å²) in [6.07, 6.45) is 45.5. The third-order valence-corrected chi connectivity index (χ3v) is 9.97. The summed E-state index contributed by atoms with van der Waals surface area (Å²) in [7, 11) is 0. The number of nitrogens with one attached hydrogen (secondary N) is 2. The van der Waals surface area contributed by atoms with Crippen LogP contribution in [0.3, 0.4) is 0 Å². The molecule has 0 aliphatic carbocycles. The largest absolute Gasteiger partial charge is 0.317 e. The molecule has 2 N–H and O–H groups in total. The first kappa shape index (κ1) is 53.9. The number of rotatable bonds is 36. The molecule has 0 atom stereocenters. The van der Waals surface area contributed by atoms with Gasteiger partial charge in [0.25, 0.3) is 0 Å². The van der Waals surface area contributed by atoms with E-state index in [0.717, 1.165) is 0 Å². The minimum absolute atomic E-state index is 0. The third-order valence-electron chi connectivity index (χ3n) is 9.97. The molecule has 0 aromatic heterocycles. The van der Waals surface area contributed by atoms with Crippen LogP contribution in [0.15, 0.2) is 0 Å². The fraction of sp³-hybridized carbons (Fsp3) is 1.00. The average Bonchev–Trinajstić information content (AvgIpc) is 3.03. The zero-order valence-corrected chi connectivity index (χ0v) is 36.5. The van der Waals surface area contributed by atoms with Gasteiger partial charge in [-0.1, -0.05) is 222 Å². The Morgan fingerprint density at radius 1 is 0.265 bits per heavy atom. The van der Waals surface area contributed by atoms with Crippen LogP contribution in [0.1, 0.15) is 261 Å². The molecule has 1 radical (unpaired) electrons. The van der Waals surface area contributed by atoms with Crippen molar-refractivity contribution in [1.29, 1.82) is 0 Å². The Balaban J connectivity index is -0.000000846. The Morgan fingerprint density at radius 2 is 0.449 bits per heavy atom. The van der Waals surface area contributed by atoms with Crippen LogP contribution in [-0.4, -0.2) is 45.0 Å². The van der Waals surface area contributed by atoms with Crippen LogP contribution in [0.5, 0.6) is 0 Å². The zero-order valence-electron chi connectivity index (χ0n) is 36.5. The standard InChI is InChI=1S/2C23H49N.Li/c2*1-5-6-7-8-9-12-15-18-21-24-22-19-16-13-10-11-14-17-20-23(2,3)4;/h2*24H,5-22H2,1-4H3;. The summed E-state index contributed by atoms with van der Waals surface area (Å²) >= 11 is 0. The van der Waals surface area contributed by atoms with Gasteiger partial charge in [-0.2, -0.15) is 0 Å². The van der Waals surface area contributed by atoms with Gasteiger partial charge in [-0.15, -0.1) is 0 Å². The van der Waals surface area contributed by atoms with Gasteiger partial charge in [-0.25, -0.2) is 0 Å². The van der Waals surface area contributed by atoms with Gasteiger partial charge in [0.05, 0.1) is 0 Å². The van der Waals surface area contributed by atoms with Crippen molar-refractivity contribution in [2.45, 2.75) is 261 Å². The molecule has 293 valence electrons. The Labute approximate surface area is 326 Å². The summed E-state index contributed by atoms with van der Waals surface area (Å²) in [6.45, 7) is 23.7. The van der Waals surface area contributed by atoms with E-state index in [2.05, 4.69) is 66.0 Å². The van der Waals surface area contributed by atoms with E-state index in [1.54, 1.807) is 0 Å². The number of unbranched alkanes of at least 4 members (excludes halogenated alkanes) is 26. The van der Waals surface area contributed by atoms with Crippen LogP contribution >= 0.6 is 0 Å². The molecule has 0 aromatic carbocycles. The van der Waals surface area contributed by atoms with Crippen molar-refractivity contribution in [3.05, 3.63) is 0 Å². The van der Waals surface area contributed by atoms with E-state index in [1.807, 2.05) is 0 Å². The summed E-state index contributed by atoms with van der Waals surface area (Å²) in [5, 5.41) is 7.25. The second-order valence-electron chi connectivity index (χ2n) is 18.0. The Hall–Kier alpha value is 0.517. The second kappa shape index (κ2) is 42.9. The fourth-order valence-electron chi connectivity index (χ4n) is 6.60. The van der Waals surface area contributed by atoms with E-state index in [4.69, 9.17) is 0 Å². The first-order valence-electron chi connectivity index (χ1n) is 22.5. The van der Waals surface area contributed by atoms with E-state index < -0.39 is 0 Å². The van der Waals surface area contributed by atoms with E-state index in [1.165, 1.54) is 232 Å². The average molecular weight is 686 g/mol. The Kier molecular flexibility index (Phi) is 47.2. The van der Waals surface area contributed by atoms with E-state index in [-0.39, 0.29) is 18.9 Å². The fourth-order valence-corrected chi connectivity index (χ4v) is 6.60. The van der Waals surface area contributed by atoms with Crippen LogP contribution in [-0.2, 0) is 0 Å². The van der Waals surface area contributed by atoms with Gasteiger partial charge < -0.3 is 10.6 Å². The molecule has 0 aliphatic heterocycles. The topological polar surface area (TPSA) is 24.1 Å². The summed E-state index contributed by atoms with van der Waals surface area (Å²) in [5.74, 6) is 0. The molecule has 3 heteroatoms. The summed E-state index contributed by atoms with van der Waals surface area (Å²) in [6, 6.07) is 0. The maximum atomic E-state index is 3.62. The number of hydrogen-bond acceptors (Lipinski definition) is 2. The van der Waals surface area contributed by atoms with Crippen molar-refractivity contribution in [2.75, 3.05) is 26.2 Å². The van der Waals surface area contributed by atoms with Gasteiger partial charge >= 0.3 is 0 Å². The van der Waals surface area contributed by atoms with Crippen molar-refractivity contribution < 1.29 is 0 Å². The zero-order chi connectivity index (χ0) is 35.9. The molecule has 0 aromatic rings. The van der Waals surface area contributed by atoms with Crippen LogP contribution in [0.4, 0.5) is 0 Å². The van der Waals surface area contributed by atoms with Crippen LogP contribution in [0, 0.1) is 10.8 Å². The summed E-state index contributed by atoms with van der Waals surface area (Å²) in [4.78, 5) is 0. The first-order valence-corrected chi connectivity index (χ1v) is 22.5. The van der Waals surface area contributed by atoms with Crippen molar-refractivity contribution in [2.24, 2.45) is 10.8 Å². The first-order chi connectivity index (χ1) is 23.1. The molecule has 0 spiro atoms. The number of hydrogen-bond donors (Lipinski definition) is 2. The SMILES string of the molecule is CCCCCCCCCCNCCCCCCCCCC(C)(C)C.CCCCCCCCCCNCCCCCCCCCC(C)(C)C.[Li]. The molecule has 0 saturated carbocycles. The van der Waals surface area contributed by atoms with Crippen molar-refractivity contribution in [1.82, 2.24) is 10.6 Å². The molecule has 0 aliphatic rings. The van der Waals surface area contributed by atoms with Gasteiger partial charge in [0.2, 0.25) is 0 Å². The van der Waals surface area contributed by atoms with Gasteiger partial charge in [0.1, 0.15) is 0 Å². The molecule has 0 unspecified atom stereocenters. The molecular formula is C46H98LiN2. The maximum absolute atomic E-state index is 3.62. The van der Waals surface area contributed by atoms with Gasteiger partial charge in [0.15, 0.2) is 0 Å². The molecule has 0 rings (SSSR count). The van der Waals surface area contributed by atoms with E-state index >= 15 is 0 Å². The smallest absolute Gasteiger partial charge is 0 e. The molecule has 49 heavy (non-hydrogen) atoms. The molecular weight excluding hydrogens is 587 g/mol. The predicted octanol–water partition coefficient (Wildman–Crippen LogP) is 15.4. The van der Waals surface area contributed by atoms with Crippen molar-refractivity contribution in [3.8, 4) is 0 Å². The van der Waals surface area contributed by atoms with E-state index in [9.17, 15) is 0 Å². The maximum Gasteiger partial charge on any atom is 0 e. The summed E-state index contributed by atoms with van der Waals surface area (Å²) < 4.78 is 0. The minimum Gasteiger partial charge on any atom is -0.317 e. The van der Waals surface area contributed by atoms with Gasteiger partial charge in [-0.3, -0.25) is 0 Å². The molecule has 2 nitrogen and oxygen atoms in total. The predicted molar refractivity (Wildman–Crippen MR) is 229 cm³/mol. The quantitative estimate of drug-likeness (QED) is 0.0507. The molecule has 0 heterocycles. The van der Waals surface area contributed by atoms with Crippen LogP contribution < -0.4 is 10.6 Å². The molecule has 0 saturated heterocycles. The summed E-state index contributed by atoms with van der Waals surface area (Å²) in [5.41, 5.74) is 1.06. The van der Waals surface area contributed by atoms with Crippen molar-refractivity contribution >= 4 is 18.9 Å². The molecule has 0 amide bonds. The van der Waals surface area contributed by atoms with Crippen LogP contribution in [0.2, 0.25) is 0 Å². The Bertz CT molecular complexity index is 514. The molecule has 0 fully saturated rings. The monoisotopic (exact) mass is 686 g/mol. The van der Waals surface area contributed by atoms with Crippen molar-refractivity contribution in [3.63, 3.8) is 0 Å². The normalized spacial score (nSPS) is 11.8. The van der Waals surface area contributed by atoms with Crippen LogP contribution in [0.25, 0.3) is 0 Å².